The summed E-state index contributed by atoms with van der Waals surface area (Å²) in [6.45, 7) is 2.17. The molecule has 0 bridgehead atoms. The molecule has 0 saturated carbocycles. The fourth-order valence-corrected chi connectivity index (χ4v) is 2.52. The third kappa shape index (κ3) is 3.64. The molecular formula is C16H19BrN2. The second-order valence-electron chi connectivity index (χ2n) is 4.57. The van der Waals surface area contributed by atoms with Crippen LogP contribution in [0.3, 0.4) is 0 Å². The first-order chi connectivity index (χ1) is 9.24. The van der Waals surface area contributed by atoms with Gasteiger partial charge in [0.2, 0.25) is 0 Å². The van der Waals surface area contributed by atoms with E-state index in [0.29, 0.717) is 0 Å². The lowest BCUT2D eigenvalue weighted by atomic mass is 9.98. The first-order valence-corrected chi connectivity index (χ1v) is 7.39. The van der Waals surface area contributed by atoms with Gasteiger partial charge in [-0.15, -0.1) is 0 Å². The lowest BCUT2D eigenvalue weighted by Gasteiger charge is -2.18. The molecule has 2 rings (SSSR count). The highest BCUT2D eigenvalue weighted by atomic mass is 79.9. The molecule has 2 aromatic rings. The largest absolute Gasteiger partial charge is 0.311 e. The van der Waals surface area contributed by atoms with E-state index >= 15 is 0 Å². The van der Waals surface area contributed by atoms with Crippen molar-refractivity contribution in [3.63, 3.8) is 0 Å². The van der Waals surface area contributed by atoms with Gasteiger partial charge in [-0.25, -0.2) is 0 Å². The number of aromatic nitrogens is 1. The summed E-state index contributed by atoms with van der Waals surface area (Å²) in [5.41, 5.74) is 3.80. The summed E-state index contributed by atoms with van der Waals surface area (Å²) in [5, 5.41) is 3.38. The number of hydrogen-bond acceptors (Lipinski definition) is 2. The van der Waals surface area contributed by atoms with Gasteiger partial charge < -0.3 is 5.32 Å². The fraction of sp³-hybridized carbons (Fsp3) is 0.312. The summed E-state index contributed by atoms with van der Waals surface area (Å²) >= 11 is 3.47. The van der Waals surface area contributed by atoms with Gasteiger partial charge in [0.15, 0.2) is 0 Å². The van der Waals surface area contributed by atoms with Crippen LogP contribution < -0.4 is 5.32 Å². The van der Waals surface area contributed by atoms with E-state index in [1.54, 1.807) is 0 Å². The molecule has 19 heavy (non-hydrogen) atoms. The SMILES string of the molecule is CCc1cccnc1C(Cc1ccc(Br)cc1)NC. The third-order valence-electron chi connectivity index (χ3n) is 3.34. The first kappa shape index (κ1) is 14.2. The Labute approximate surface area is 123 Å². The quantitative estimate of drug-likeness (QED) is 0.904. The van der Waals surface area contributed by atoms with Crippen molar-refractivity contribution < 1.29 is 0 Å². The van der Waals surface area contributed by atoms with Gasteiger partial charge in [-0.3, -0.25) is 4.98 Å². The molecule has 3 heteroatoms. The van der Waals surface area contributed by atoms with Gasteiger partial charge in [0, 0.05) is 10.7 Å². The Morgan fingerprint density at radius 1 is 1.21 bits per heavy atom. The smallest absolute Gasteiger partial charge is 0.0608 e. The first-order valence-electron chi connectivity index (χ1n) is 6.60. The number of benzene rings is 1. The molecule has 1 heterocycles. The van der Waals surface area contributed by atoms with E-state index in [1.165, 1.54) is 11.1 Å². The molecule has 0 amide bonds. The van der Waals surface area contributed by atoms with Crippen LogP contribution in [0, 0.1) is 0 Å². The monoisotopic (exact) mass is 318 g/mol. The van der Waals surface area contributed by atoms with E-state index in [-0.39, 0.29) is 6.04 Å². The number of nitrogens with zero attached hydrogens (tertiary/aromatic N) is 1. The van der Waals surface area contributed by atoms with Gasteiger partial charge in [-0.1, -0.05) is 41.1 Å². The summed E-state index contributed by atoms with van der Waals surface area (Å²) in [6, 6.07) is 12.9. The average molecular weight is 319 g/mol. The maximum Gasteiger partial charge on any atom is 0.0608 e. The molecule has 0 aliphatic rings. The van der Waals surface area contributed by atoms with E-state index in [4.69, 9.17) is 0 Å². The molecule has 1 unspecified atom stereocenters. The maximum atomic E-state index is 4.56. The molecule has 0 aliphatic carbocycles. The standard InChI is InChI=1S/C16H19BrN2/c1-3-13-5-4-10-19-16(13)15(18-2)11-12-6-8-14(17)9-7-12/h4-10,15,18H,3,11H2,1-2H3. The van der Waals surface area contributed by atoms with Crippen LogP contribution in [-0.4, -0.2) is 12.0 Å². The van der Waals surface area contributed by atoms with Gasteiger partial charge in [0.05, 0.1) is 11.7 Å². The molecule has 1 aromatic carbocycles. The van der Waals surface area contributed by atoms with Crippen LogP contribution in [0.2, 0.25) is 0 Å². The van der Waals surface area contributed by atoms with E-state index in [1.807, 2.05) is 19.3 Å². The lowest BCUT2D eigenvalue weighted by Crippen LogP contribution is -2.21. The highest BCUT2D eigenvalue weighted by molar-refractivity contribution is 9.10. The molecule has 100 valence electrons. The molecule has 0 fully saturated rings. The molecule has 1 atom stereocenters. The minimum atomic E-state index is 0.261. The zero-order valence-electron chi connectivity index (χ0n) is 11.4. The highest BCUT2D eigenvalue weighted by Gasteiger charge is 2.14. The van der Waals surface area contributed by atoms with Crippen LogP contribution in [0.15, 0.2) is 47.1 Å². The second-order valence-corrected chi connectivity index (χ2v) is 5.49. The predicted octanol–water partition coefficient (Wildman–Crippen LogP) is 3.91. The van der Waals surface area contributed by atoms with E-state index in [9.17, 15) is 0 Å². The molecule has 0 aliphatic heterocycles. The van der Waals surface area contributed by atoms with Gasteiger partial charge in [0.1, 0.15) is 0 Å². The topological polar surface area (TPSA) is 24.9 Å². The van der Waals surface area contributed by atoms with E-state index in [2.05, 4.69) is 63.5 Å². The summed E-state index contributed by atoms with van der Waals surface area (Å²) < 4.78 is 1.12. The molecule has 0 radical (unpaired) electrons. The molecule has 1 aromatic heterocycles. The summed E-state index contributed by atoms with van der Waals surface area (Å²) in [5.74, 6) is 0. The zero-order valence-corrected chi connectivity index (χ0v) is 12.9. The zero-order chi connectivity index (χ0) is 13.7. The van der Waals surface area contributed by atoms with Crippen molar-refractivity contribution in [2.45, 2.75) is 25.8 Å². The van der Waals surface area contributed by atoms with Crippen LogP contribution >= 0.6 is 15.9 Å². The minimum absolute atomic E-state index is 0.261. The van der Waals surface area contributed by atoms with Crippen LogP contribution in [0.4, 0.5) is 0 Å². The molecular weight excluding hydrogens is 300 g/mol. The van der Waals surface area contributed by atoms with E-state index in [0.717, 1.165) is 23.0 Å². The van der Waals surface area contributed by atoms with Crippen molar-refractivity contribution >= 4 is 15.9 Å². The number of hydrogen-bond donors (Lipinski definition) is 1. The Kier molecular flexibility index (Phi) is 5.11. The van der Waals surface area contributed by atoms with Gasteiger partial charge >= 0.3 is 0 Å². The van der Waals surface area contributed by atoms with Crippen LogP contribution in [0.25, 0.3) is 0 Å². The van der Waals surface area contributed by atoms with Crippen molar-refractivity contribution in [1.82, 2.24) is 10.3 Å². The van der Waals surface area contributed by atoms with Crippen molar-refractivity contribution in [2.24, 2.45) is 0 Å². The Morgan fingerprint density at radius 2 is 1.95 bits per heavy atom. The third-order valence-corrected chi connectivity index (χ3v) is 3.87. The second kappa shape index (κ2) is 6.83. The van der Waals surface area contributed by atoms with Crippen molar-refractivity contribution in [2.75, 3.05) is 7.05 Å². The van der Waals surface area contributed by atoms with Crippen LogP contribution in [0.1, 0.15) is 29.8 Å². The number of rotatable bonds is 5. The van der Waals surface area contributed by atoms with Crippen molar-refractivity contribution in [1.29, 1.82) is 0 Å². The van der Waals surface area contributed by atoms with Gasteiger partial charge in [-0.2, -0.15) is 0 Å². The minimum Gasteiger partial charge on any atom is -0.311 e. The number of aryl methyl sites for hydroxylation is 1. The normalized spacial score (nSPS) is 12.4. The van der Waals surface area contributed by atoms with Crippen LogP contribution in [-0.2, 0) is 12.8 Å². The Balaban J connectivity index is 2.22. The molecule has 0 saturated heterocycles. The van der Waals surface area contributed by atoms with Crippen LogP contribution in [0.5, 0.6) is 0 Å². The molecule has 2 nitrogen and oxygen atoms in total. The number of nitrogens with one attached hydrogen (secondary N) is 1. The summed E-state index contributed by atoms with van der Waals surface area (Å²) in [6.07, 6.45) is 3.84. The number of likely N-dealkylation sites (N-methyl/N-ethyl adjacent to an activating group) is 1. The highest BCUT2D eigenvalue weighted by Crippen LogP contribution is 2.21. The lowest BCUT2D eigenvalue weighted by molar-refractivity contribution is 0.570. The molecule has 1 N–H and O–H groups in total. The number of halogens is 1. The van der Waals surface area contributed by atoms with Gasteiger partial charge in [-0.05, 0) is 49.2 Å². The Bertz CT molecular complexity index is 523. The van der Waals surface area contributed by atoms with Crippen molar-refractivity contribution in [3.05, 3.63) is 63.9 Å². The number of pyridine rings is 1. The predicted molar refractivity (Wildman–Crippen MR) is 83.3 cm³/mol. The van der Waals surface area contributed by atoms with Gasteiger partial charge in [0.25, 0.3) is 0 Å². The molecule has 0 spiro atoms. The Hall–Kier alpha value is -1.19. The fourth-order valence-electron chi connectivity index (χ4n) is 2.26. The maximum absolute atomic E-state index is 4.56. The van der Waals surface area contributed by atoms with Crippen molar-refractivity contribution in [3.8, 4) is 0 Å². The Morgan fingerprint density at radius 3 is 2.58 bits per heavy atom. The average Bonchev–Trinajstić information content (AvgIpc) is 2.46. The van der Waals surface area contributed by atoms with E-state index < -0.39 is 0 Å². The summed E-state index contributed by atoms with van der Waals surface area (Å²) in [4.78, 5) is 4.56. The summed E-state index contributed by atoms with van der Waals surface area (Å²) in [7, 11) is 2.00.